The zero-order valence-electron chi connectivity index (χ0n) is 10.3. The maximum absolute atomic E-state index is 12.6. The Balaban J connectivity index is 2.46. The van der Waals surface area contributed by atoms with Crippen molar-refractivity contribution in [2.24, 2.45) is 0 Å². The molecule has 0 aliphatic carbocycles. The summed E-state index contributed by atoms with van der Waals surface area (Å²) < 4.78 is 25.2. The van der Waals surface area contributed by atoms with Gasteiger partial charge in [-0.05, 0) is 24.3 Å². The first-order chi connectivity index (χ1) is 9.11. The molecule has 0 amide bonds. The van der Waals surface area contributed by atoms with E-state index in [1.165, 1.54) is 4.90 Å². The highest BCUT2D eigenvalue weighted by atomic mass is 19.3. The van der Waals surface area contributed by atoms with Gasteiger partial charge in [0.2, 0.25) is 0 Å². The summed E-state index contributed by atoms with van der Waals surface area (Å²) in [6, 6.07) is 6.81. The summed E-state index contributed by atoms with van der Waals surface area (Å²) in [6.07, 6.45) is -0.920. The highest BCUT2D eigenvalue weighted by molar-refractivity contribution is 5.93. The molecular weight excluding hydrogens is 252 g/mol. The highest BCUT2D eigenvalue weighted by Crippen LogP contribution is 2.27. The largest absolute Gasteiger partial charge is 0.399 e. The van der Waals surface area contributed by atoms with Crippen LogP contribution in [0.2, 0.25) is 0 Å². The fraction of sp³-hybridized carbons (Fsp3) is 0.308. The number of benzene rings is 1. The molecule has 1 aromatic heterocycles. The van der Waals surface area contributed by atoms with Crippen LogP contribution in [0, 0.1) is 0 Å². The van der Waals surface area contributed by atoms with Crippen molar-refractivity contribution in [2.45, 2.75) is 6.43 Å². The number of pyridine rings is 1. The van der Waals surface area contributed by atoms with Gasteiger partial charge in [-0.2, -0.15) is 0 Å². The van der Waals surface area contributed by atoms with Gasteiger partial charge >= 0.3 is 0 Å². The summed E-state index contributed by atoms with van der Waals surface area (Å²) in [4.78, 5) is 5.62. The molecule has 102 valence electrons. The number of nitrogens with zero attached hydrogens (tertiary/aromatic N) is 2. The van der Waals surface area contributed by atoms with Crippen LogP contribution in [-0.2, 0) is 0 Å². The monoisotopic (exact) mass is 267 g/mol. The van der Waals surface area contributed by atoms with Gasteiger partial charge in [-0.25, -0.2) is 8.78 Å². The molecule has 0 radical (unpaired) electrons. The first kappa shape index (κ1) is 13.5. The van der Waals surface area contributed by atoms with Crippen molar-refractivity contribution in [3.8, 4) is 0 Å². The van der Waals surface area contributed by atoms with Crippen molar-refractivity contribution in [1.29, 1.82) is 0 Å². The van der Waals surface area contributed by atoms with E-state index in [0.29, 0.717) is 16.9 Å². The molecule has 0 saturated heterocycles. The molecule has 3 N–H and O–H groups in total. The lowest BCUT2D eigenvalue weighted by Gasteiger charge is -2.24. The summed E-state index contributed by atoms with van der Waals surface area (Å²) in [7, 11) is 0. The van der Waals surface area contributed by atoms with Crippen LogP contribution >= 0.6 is 0 Å². The van der Waals surface area contributed by atoms with Crippen LogP contribution < -0.4 is 10.6 Å². The summed E-state index contributed by atoms with van der Waals surface area (Å²) in [6.45, 7) is -0.469. The average Bonchev–Trinajstić information content (AvgIpc) is 2.36. The fourth-order valence-corrected chi connectivity index (χ4v) is 2.02. The molecule has 0 unspecified atom stereocenters. The van der Waals surface area contributed by atoms with E-state index >= 15 is 0 Å². The van der Waals surface area contributed by atoms with Crippen LogP contribution in [0.1, 0.15) is 0 Å². The number of fused-ring (bicyclic) bond motifs is 1. The number of hydrogen-bond acceptors (Lipinski definition) is 4. The van der Waals surface area contributed by atoms with Gasteiger partial charge in [0, 0.05) is 29.5 Å². The van der Waals surface area contributed by atoms with Crippen LogP contribution in [0.25, 0.3) is 10.9 Å². The number of rotatable bonds is 5. The first-order valence-corrected chi connectivity index (χ1v) is 5.90. The Morgan fingerprint density at radius 1 is 1.32 bits per heavy atom. The second-order valence-electron chi connectivity index (χ2n) is 4.17. The van der Waals surface area contributed by atoms with Gasteiger partial charge in [-0.3, -0.25) is 4.98 Å². The number of nitrogens with two attached hydrogens (primary N) is 1. The van der Waals surface area contributed by atoms with Gasteiger partial charge in [0.1, 0.15) is 0 Å². The zero-order chi connectivity index (χ0) is 13.8. The Labute approximate surface area is 109 Å². The van der Waals surface area contributed by atoms with Crippen molar-refractivity contribution in [3.63, 3.8) is 0 Å². The summed E-state index contributed by atoms with van der Waals surface area (Å²) in [5, 5.41) is 9.75. The van der Waals surface area contributed by atoms with Gasteiger partial charge in [-0.15, -0.1) is 0 Å². The van der Waals surface area contributed by atoms with E-state index < -0.39 is 13.0 Å². The molecule has 0 aliphatic rings. The third kappa shape index (κ3) is 3.08. The number of hydrogen-bond donors (Lipinski definition) is 2. The lowest BCUT2D eigenvalue weighted by atomic mass is 10.1. The van der Waals surface area contributed by atoms with Crippen LogP contribution in [-0.4, -0.2) is 36.2 Å². The molecule has 0 aliphatic heterocycles. The normalized spacial score (nSPS) is 11.2. The van der Waals surface area contributed by atoms with Gasteiger partial charge in [0.25, 0.3) is 6.43 Å². The fourth-order valence-electron chi connectivity index (χ4n) is 2.02. The number of alkyl halides is 2. The number of aromatic nitrogens is 1. The van der Waals surface area contributed by atoms with Crippen LogP contribution in [0.3, 0.4) is 0 Å². The standard InChI is InChI=1S/C13H15F2N3O/c14-13(15)8-18(5-6-19)12-3-4-17-11-7-9(16)1-2-10(11)12/h1-4,7,13,19H,5-6,8,16H2. The van der Waals surface area contributed by atoms with Crippen LogP contribution in [0.4, 0.5) is 20.2 Å². The van der Waals surface area contributed by atoms with E-state index in [0.717, 1.165) is 5.39 Å². The molecule has 1 aromatic carbocycles. The number of halogens is 2. The summed E-state index contributed by atoms with van der Waals surface area (Å²) >= 11 is 0. The molecular formula is C13H15F2N3O. The third-order valence-corrected chi connectivity index (χ3v) is 2.81. The van der Waals surface area contributed by atoms with E-state index in [2.05, 4.69) is 4.98 Å². The molecule has 0 spiro atoms. The van der Waals surface area contributed by atoms with Gasteiger partial charge in [0.05, 0.1) is 18.7 Å². The molecule has 0 fully saturated rings. The minimum absolute atomic E-state index is 0.147. The van der Waals surface area contributed by atoms with E-state index in [-0.39, 0.29) is 13.2 Å². The maximum atomic E-state index is 12.6. The quantitative estimate of drug-likeness (QED) is 0.812. The van der Waals surface area contributed by atoms with Crippen molar-refractivity contribution < 1.29 is 13.9 Å². The van der Waals surface area contributed by atoms with Crippen molar-refractivity contribution >= 4 is 22.3 Å². The third-order valence-electron chi connectivity index (χ3n) is 2.81. The molecule has 0 saturated carbocycles. The first-order valence-electron chi connectivity index (χ1n) is 5.90. The minimum Gasteiger partial charge on any atom is -0.399 e. The average molecular weight is 267 g/mol. The Morgan fingerprint density at radius 2 is 2.11 bits per heavy atom. The molecule has 2 aromatic rings. The van der Waals surface area contributed by atoms with Crippen LogP contribution in [0.15, 0.2) is 30.5 Å². The molecule has 6 heteroatoms. The lowest BCUT2D eigenvalue weighted by molar-refractivity contribution is 0.153. The molecule has 0 bridgehead atoms. The van der Waals surface area contributed by atoms with Crippen molar-refractivity contribution in [1.82, 2.24) is 4.98 Å². The maximum Gasteiger partial charge on any atom is 0.255 e. The Bertz CT molecular complexity index is 563. The zero-order valence-corrected chi connectivity index (χ0v) is 10.3. The van der Waals surface area contributed by atoms with E-state index in [1.807, 2.05) is 0 Å². The highest BCUT2D eigenvalue weighted by Gasteiger charge is 2.15. The van der Waals surface area contributed by atoms with E-state index in [1.54, 1.807) is 30.5 Å². The van der Waals surface area contributed by atoms with Crippen molar-refractivity contribution in [3.05, 3.63) is 30.5 Å². The molecule has 4 nitrogen and oxygen atoms in total. The Kier molecular flexibility index (Phi) is 4.11. The molecule has 2 rings (SSSR count). The second kappa shape index (κ2) is 5.79. The van der Waals surface area contributed by atoms with E-state index in [9.17, 15) is 8.78 Å². The molecule has 19 heavy (non-hydrogen) atoms. The van der Waals surface area contributed by atoms with Crippen molar-refractivity contribution in [2.75, 3.05) is 30.3 Å². The topological polar surface area (TPSA) is 62.4 Å². The number of nitrogen functional groups attached to an aromatic ring is 1. The summed E-state index contributed by atoms with van der Waals surface area (Å²) in [5.74, 6) is 0. The number of aliphatic hydroxyl groups is 1. The number of anilines is 2. The van der Waals surface area contributed by atoms with Gasteiger partial charge in [-0.1, -0.05) is 0 Å². The van der Waals surface area contributed by atoms with Crippen LogP contribution in [0.5, 0.6) is 0 Å². The second-order valence-corrected chi connectivity index (χ2v) is 4.17. The minimum atomic E-state index is -2.47. The Hall–Kier alpha value is -1.95. The predicted molar refractivity (Wildman–Crippen MR) is 71.5 cm³/mol. The number of aliphatic hydroxyl groups excluding tert-OH is 1. The Morgan fingerprint density at radius 3 is 2.79 bits per heavy atom. The SMILES string of the molecule is Nc1ccc2c(N(CCO)CC(F)F)ccnc2c1. The smallest absolute Gasteiger partial charge is 0.255 e. The van der Waals surface area contributed by atoms with Gasteiger partial charge in [0.15, 0.2) is 0 Å². The molecule has 1 heterocycles. The van der Waals surface area contributed by atoms with E-state index in [4.69, 9.17) is 10.8 Å². The predicted octanol–water partition coefficient (Wildman–Crippen LogP) is 1.88. The summed E-state index contributed by atoms with van der Waals surface area (Å²) in [5.41, 5.74) is 7.52. The van der Waals surface area contributed by atoms with Gasteiger partial charge < -0.3 is 15.7 Å². The lowest BCUT2D eigenvalue weighted by Crippen LogP contribution is -2.31. The molecule has 0 atom stereocenters.